The Labute approximate surface area is 230 Å². The molecular weight excluding hydrogens is 484 g/mol. The molecule has 4 saturated carbocycles. The molecule has 4 aliphatic carbocycles. The van der Waals surface area contributed by atoms with Crippen LogP contribution in [0.25, 0.3) is 0 Å². The smallest absolute Gasteiger partial charge is 0.323 e. The summed E-state index contributed by atoms with van der Waals surface area (Å²) in [5.74, 6) is 2.15. The molecular formula is C35H42O2S. The van der Waals surface area contributed by atoms with Gasteiger partial charge in [0.2, 0.25) is 0 Å². The average Bonchev–Trinajstić information content (AvgIpc) is 2.82. The van der Waals surface area contributed by atoms with E-state index < -0.39 is 10.3 Å². The van der Waals surface area contributed by atoms with Crippen molar-refractivity contribution in [3.8, 4) is 0 Å². The standard InChI is InChI=1S/C35H42O2S/c1-22-12-24(3)32(25(4)13-22)38(31-10-8-7-9-11-31,33-26(5)14-23(2)15-27(33)6)37-34(36)35-19-28-16-29(20-35)18-30(17-28)21-35/h7-15,28-30H,16-21H2,1-6H3. The van der Waals surface area contributed by atoms with E-state index in [9.17, 15) is 4.79 Å². The molecule has 0 N–H and O–H groups in total. The molecule has 0 amide bonds. The first kappa shape index (κ1) is 25.7. The van der Waals surface area contributed by atoms with Crippen molar-refractivity contribution in [3.05, 3.63) is 88.0 Å². The van der Waals surface area contributed by atoms with Gasteiger partial charge in [-0.25, -0.2) is 0 Å². The number of aryl methyl sites for hydroxylation is 6. The summed E-state index contributed by atoms with van der Waals surface area (Å²) in [5.41, 5.74) is 7.00. The van der Waals surface area contributed by atoms with Crippen molar-refractivity contribution in [1.82, 2.24) is 0 Å². The molecule has 4 fully saturated rings. The Morgan fingerprint density at radius 2 is 1.08 bits per heavy atom. The van der Waals surface area contributed by atoms with Crippen LogP contribution in [0, 0.1) is 64.7 Å². The molecule has 0 aromatic heterocycles. The zero-order valence-corrected chi connectivity index (χ0v) is 24.7. The molecule has 3 aromatic rings. The Hall–Kier alpha value is -2.52. The first-order chi connectivity index (χ1) is 18.1. The number of carbonyl (C=O) groups excluding carboxylic acids is 1. The summed E-state index contributed by atoms with van der Waals surface area (Å²) in [6, 6.07) is 19.7. The lowest BCUT2D eigenvalue weighted by Gasteiger charge is -2.56. The third-order valence-corrected chi connectivity index (χ3v) is 13.3. The summed E-state index contributed by atoms with van der Waals surface area (Å²) in [7, 11) is -2.33. The quantitative estimate of drug-likeness (QED) is 0.331. The zero-order chi connectivity index (χ0) is 26.8. The Morgan fingerprint density at radius 3 is 1.47 bits per heavy atom. The zero-order valence-electron chi connectivity index (χ0n) is 23.9. The SMILES string of the molecule is Cc1cc(C)c(S(OC(=O)C23CC4CC(CC(C4)C2)C3)(c2ccccc2)c2c(C)cc(C)cc2C)c(C)c1. The molecule has 0 aliphatic heterocycles. The van der Waals surface area contributed by atoms with Crippen LogP contribution in [-0.2, 0) is 8.98 Å². The van der Waals surface area contributed by atoms with Crippen molar-refractivity contribution in [2.45, 2.75) is 94.8 Å². The van der Waals surface area contributed by atoms with Crippen LogP contribution < -0.4 is 0 Å². The summed E-state index contributed by atoms with van der Waals surface area (Å²) in [4.78, 5) is 18.3. The molecule has 38 heavy (non-hydrogen) atoms. The van der Waals surface area contributed by atoms with E-state index in [1.54, 1.807) is 0 Å². The molecule has 200 valence electrons. The third kappa shape index (κ3) is 4.04. The number of carbonyl (C=O) groups is 1. The fraction of sp³-hybridized carbons (Fsp3) is 0.457. The van der Waals surface area contributed by atoms with Crippen LogP contribution in [0.1, 0.15) is 71.9 Å². The monoisotopic (exact) mass is 526 g/mol. The molecule has 0 saturated heterocycles. The largest absolute Gasteiger partial charge is 0.401 e. The molecule has 4 aliphatic rings. The van der Waals surface area contributed by atoms with Crippen LogP contribution in [0.3, 0.4) is 0 Å². The van der Waals surface area contributed by atoms with Gasteiger partial charge < -0.3 is 4.18 Å². The number of hydrogen-bond donors (Lipinski definition) is 0. The van der Waals surface area contributed by atoms with Crippen LogP contribution in [0.4, 0.5) is 0 Å². The van der Waals surface area contributed by atoms with E-state index in [2.05, 4.69) is 96.1 Å². The minimum atomic E-state index is -2.33. The topological polar surface area (TPSA) is 26.3 Å². The molecule has 4 bridgehead atoms. The average molecular weight is 527 g/mol. The molecule has 3 heteroatoms. The van der Waals surface area contributed by atoms with Gasteiger partial charge in [-0.1, -0.05) is 53.6 Å². The first-order valence-corrected chi connectivity index (χ1v) is 16.0. The van der Waals surface area contributed by atoms with E-state index in [0.717, 1.165) is 24.2 Å². The van der Waals surface area contributed by atoms with E-state index in [4.69, 9.17) is 4.18 Å². The highest BCUT2D eigenvalue weighted by Crippen LogP contribution is 2.73. The number of rotatable bonds is 5. The molecule has 0 atom stereocenters. The minimum Gasteiger partial charge on any atom is -0.401 e. The van der Waals surface area contributed by atoms with Gasteiger partial charge in [0.15, 0.2) is 0 Å². The van der Waals surface area contributed by atoms with Gasteiger partial charge in [-0.15, -0.1) is 0 Å². The molecule has 3 aromatic carbocycles. The van der Waals surface area contributed by atoms with Gasteiger partial charge in [-0.3, -0.25) is 4.79 Å². The van der Waals surface area contributed by atoms with Crippen molar-refractivity contribution >= 4 is 16.3 Å². The van der Waals surface area contributed by atoms with Gasteiger partial charge in [-0.2, -0.15) is 0 Å². The Bertz CT molecular complexity index is 1260. The molecule has 0 radical (unpaired) electrons. The lowest BCUT2D eigenvalue weighted by atomic mass is 9.49. The van der Waals surface area contributed by atoms with E-state index in [0.29, 0.717) is 17.8 Å². The molecule has 0 heterocycles. The summed E-state index contributed by atoms with van der Waals surface area (Å²) in [5, 5.41) is 0. The molecule has 2 nitrogen and oxygen atoms in total. The van der Waals surface area contributed by atoms with Crippen LogP contribution in [0.15, 0.2) is 69.3 Å². The van der Waals surface area contributed by atoms with Crippen molar-refractivity contribution < 1.29 is 8.98 Å². The van der Waals surface area contributed by atoms with Crippen LogP contribution in [0.2, 0.25) is 0 Å². The van der Waals surface area contributed by atoms with E-state index in [-0.39, 0.29) is 11.4 Å². The molecule has 0 unspecified atom stereocenters. The van der Waals surface area contributed by atoms with Gasteiger partial charge in [-0.05, 0) is 143 Å². The van der Waals surface area contributed by atoms with Crippen molar-refractivity contribution in [2.24, 2.45) is 23.2 Å². The van der Waals surface area contributed by atoms with Crippen molar-refractivity contribution in [2.75, 3.05) is 0 Å². The highest BCUT2D eigenvalue weighted by molar-refractivity contribution is 8.30. The van der Waals surface area contributed by atoms with Gasteiger partial charge in [0.05, 0.1) is 5.41 Å². The van der Waals surface area contributed by atoms with E-state index >= 15 is 0 Å². The number of benzene rings is 3. The lowest BCUT2D eigenvalue weighted by Crippen LogP contribution is -2.50. The summed E-state index contributed by atoms with van der Waals surface area (Å²) in [6.45, 7) is 13.1. The number of hydrogen-bond acceptors (Lipinski definition) is 2. The third-order valence-electron chi connectivity index (χ3n) is 9.53. The van der Waals surface area contributed by atoms with Gasteiger partial charge in [0.1, 0.15) is 0 Å². The Morgan fingerprint density at radius 1 is 0.684 bits per heavy atom. The van der Waals surface area contributed by atoms with Gasteiger partial charge >= 0.3 is 5.97 Å². The van der Waals surface area contributed by atoms with Crippen molar-refractivity contribution in [3.63, 3.8) is 0 Å². The van der Waals surface area contributed by atoms with Gasteiger partial charge in [0, 0.05) is 14.7 Å². The normalized spacial score (nSPS) is 26.4. The maximum atomic E-state index is 14.8. The fourth-order valence-electron chi connectivity index (χ4n) is 8.88. The molecule has 7 rings (SSSR count). The van der Waals surface area contributed by atoms with E-state index in [1.165, 1.54) is 62.4 Å². The lowest BCUT2D eigenvalue weighted by molar-refractivity contribution is -0.160. The van der Waals surface area contributed by atoms with Crippen LogP contribution in [0.5, 0.6) is 0 Å². The Kier molecular flexibility index (Phi) is 6.30. The Balaban J connectivity index is 1.63. The maximum absolute atomic E-state index is 14.8. The van der Waals surface area contributed by atoms with Crippen LogP contribution in [-0.4, -0.2) is 5.97 Å². The highest BCUT2D eigenvalue weighted by Gasteiger charge is 2.57. The predicted molar refractivity (Wildman–Crippen MR) is 157 cm³/mol. The minimum absolute atomic E-state index is 0.0641. The van der Waals surface area contributed by atoms with Gasteiger partial charge in [0.25, 0.3) is 0 Å². The summed E-state index contributed by atoms with van der Waals surface area (Å²) < 4.78 is 7.33. The predicted octanol–water partition coefficient (Wildman–Crippen LogP) is 9.49. The van der Waals surface area contributed by atoms with Crippen molar-refractivity contribution in [1.29, 1.82) is 0 Å². The second kappa shape index (κ2) is 9.30. The maximum Gasteiger partial charge on any atom is 0.323 e. The van der Waals surface area contributed by atoms with E-state index in [1.807, 2.05) is 0 Å². The summed E-state index contributed by atoms with van der Waals surface area (Å²) >= 11 is 0. The highest BCUT2D eigenvalue weighted by atomic mass is 32.3. The summed E-state index contributed by atoms with van der Waals surface area (Å²) in [6.07, 6.45) is 6.99. The second-order valence-electron chi connectivity index (χ2n) is 12.9. The first-order valence-electron chi connectivity index (χ1n) is 14.4. The van der Waals surface area contributed by atoms with Crippen LogP contribution >= 0.6 is 10.3 Å². The molecule has 0 spiro atoms. The second-order valence-corrected chi connectivity index (χ2v) is 15.5. The fourth-order valence-corrected chi connectivity index (χ4v) is 12.8.